The number of thioether (sulfide) groups is 1. The van der Waals surface area contributed by atoms with Gasteiger partial charge in [-0.05, 0) is 37.7 Å². The van der Waals surface area contributed by atoms with Crippen molar-refractivity contribution in [3.8, 4) is 11.4 Å². The first-order valence-electron chi connectivity index (χ1n) is 11.6. The number of aromatic nitrogens is 3. The highest BCUT2D eigenvalue weighted by molar-refractivity contribution is 8.00. The zero-order chi connectivity index (χ0) is 23.0. The maximum Gasteiger partial charge on any atom is 0.235 e. The number of amides is 1. The van der Waals surface area contributed by atoms with Crippen LogP contribution < -0.4 is 0 Å². The van der Waals surface area contributed by atoms with Crippen LogP contribution in [0.25, 0.3) is 11.4 Å². The smallest absolute Gasteiger partial charge is 0.235 e. The Kier molecular flexibility index (Phi) is 8.18. The highest BCUT2D eigenvalue weighted by Crippen LogP contribution is 2.29. The van der Waals surface area contributed by atoms with Crippen LogP contribution in [0.2, 0.25) is 0 Å². The molecule has 0 bridgehead atoms. The zero-order valence-electron chi connectivity index (χ0n) is 19.4. The normalized spacial score (nSPS) is 15.5. The van der Waals surface area contributed by atoms with Crippen LogP contribution in [0, 0.1) is 5.92 Å². The summed E-state index contributed by atoms with van der Waals surface area (Å²) in [6, 6.07) is 20.7. The summed E-state index contributed by atoms with van der Waals surface area (Å²) < 4.78 is 7.36. The molecule has 1 amide bonds. The Morgan fingerprint density at radius 3 is 2.39 bits per heavy atom. The number of methoxy groups -OCH3 is 1. The van der Waals surface area contributed by atoms with Gasteiger partial charge in [0.2, 0.25) is 5.91 Å². The van der Waals surface area contributed by atoms with E-state index >= 15 is 0 Å². The van der Waals surface area contributed by atoms with Crippen LogP contribution in [0.3, 0.4) is 0 Å². The Hall–Kier alpha value is -2.64. The van der Waals surface area contributed by atoms with Crippen molar-refractivity contribution >= 4 is 17.7 Å². The Morgan fingerprint density at radius 1 is 1.06 bits per heavy atom. The number of hydrogen-bond donors (Lipinski definition) is 0. The summed E-state index contributed by atoms with van der Waals surface area (Å²) in [5, 5.41) is 9.38. The Labute approximate surface area is 200 Å². The molecule has 0 unspecified atom stereocenters. The fourth-order valence-electron chi connectivity index (χ4n) is 4.33. The molecule has 3 aromatic rings. The first-order chi connectivity index (χ1) is 16.2. The van der Waals surface area contributed by atoms with Crippen molar-refractivity contribution < 1.29 is 9.53 Å². The third kappa shape index (κ3) is 6.03. The second kappa shape index (κ2) is 11.5. The molecule has 1 fully saturated rings. The average Bonchev–Trinajstić information content (AvgIpc) is 3.26. The van der Waals surface area contributed by atoms with Gasteiger partial charge in [0, 0.05) is 25.8 Å². The number of nitrogens with zero attached hydrogens (tertiary/aromatic N) is 4. The van der Waals surface area contributed by atoms with Gasteiger partial charge in [0.05, 0.1) is 18.4 Å². The summed E-state index contributed by atoms with van der Waals surface area (Å²) in [5.41, 5.74) is 2.39. The summed E-state index contributed by atoms with van der Waals surface area (Å²) in [6.45, 7) is 4.82. The Morgan fingerprint density at radius 2 is 1.73 bits per heavy atom. The number of carbonyl (C=O) groups excluding carboxylic acids is 1. The van der Waals surface area contributed by atoms with Crippen LogP contribution in [0.4, 0.5) is 0 Å². The lowest BCUT2D eigenvalue weighted by Gasteiger charge is -2.33. The predicted octanol–water partition coefficient (Wildman–Crippen LogP) is 4.55. The lowest BCUT2D eigenvalue weighted by Crippen LogP contribution is -2.42. The molecule has 0 aliphatic carbocycles. The highest BCUT2D eigenvalue weighted by atomic mass is 32.2. The van der Waals surface area contributed by atoms with Crippen molar-refractivity contribution in [3.05, 3.63) is 66.2 Å². The van der Waals surface area contributed by atoms with Crippen LogP contribution in [0.15, 0.2) is 65.8 Å². The maximum atomic E-state index is 13.2. The SMILES string of the molecule is COCCn1c(S[C@@H](C)C(=O)N2CCC(Cc3ccccc3)CC2)nnc1-c1ccccc1. The van der Waals surface area contributed by atoms with Gasteiger partial charge in [-0.3, -0.25) is 9.36 Å². The third-order valence-corrected chi connectivity index (χ3v) is 7.26. The van der Waals surface area contributed by atoms with E-state index in [2.05, 4.69) is 45.1 Å². The molecule has 4 rings (SSSR count). The van der Waals surface area contributed by atoms with Crippen LogP contribution in [-0.4, -0.2) is 57.6 Å². The summed E-state index contributed by atoms with van der Waals surface area (Å²) >= 11 is 1.48. The van der Waals surface area contributed by atoms with E-state index in [0.29, 0.717) is 19.1 Å². The minimum absolute atomic E-state index is 0.181. The summed E-state index contributed by atoms with van der Waals surface area (Å²) in [6.07, 6.45) is 3.21. The van der Waals surface area contributed by atoms with Gasteiger partial charge in [-0.1, -0.05) is 72.4 Å². The lowest BCUT2D eigenvalue weighted by molar-refractivity contribution is -0.131. The van der Waals surface area contributed by atoms with E-state index in [9.17, 15) is 4.79 Å². The molecular weight excluding hydrogens is 432 g/mol. The molecule has 174 valence electrons. The number of hydrogen-bond acceptors (Lipinski definition) is 5. The molecule has 0 saturated carbocycles. The fourth-order valence-corrected chi connectivity index (χ4v) is 5.29. The molecule has 6 nitrogen and oxygen atoms in total. The number of likely N-dealkylation sites (tertiary alicyclic amines) is 1. The number of piperidine rings is 1. The molecule has 0 N–H and O–H groups in total. The Balaban J connectivity index is 1.37. The predicted molar refractivity (Wildman–Crippen MR) is 132 cm³/mol. The van der Waals surface area contributed by atoms with E-state index < -0.39 is 0 Å². The van der Waals surface area contributed by atoms with E-state index in [1.165, 1.54) is 17.3 Å². The van der Waals surface area contributed by atoms with Crippen LogP contribution in [0.5, 0.6) is 0 Å². The highest BCUT2D eigenvalue weighted by Gasteiger charge is 2.28. The van der Waals surface area contributed by atoms with Crippen LogP contribution in [0.1, 0.15) is 25.3 Å². The molecule has 1 saturated heterocycles. The van der Waals surface area contributed by atoms with Crippen LogP contribution in [-0.2, 0) is 22.5 Å². The molecule has 33 heavy (non-hydrogen) atoms. The summed E-state index contributed by atoms with van der Waals surface area (Å²) in [5.74, 6) is 1.63. The topological polar surface area (TPSA) is 60.2 Å². The molecule has 0 spiro atoms. The van der Waals surface area contributed by atoms with Crippen molar-refractivity contribution in [1.82, 2.24) is 19.7 Å². The molecule has 7 heteroatoms. The van der Waals surface area contributed by atoms with E-state index in [0.717, 1.165) is 48.9 Å². The number of benzene rings is 2. The van der Waals surface area contributed by atoms with E-state index in [1.807, 2.05) is 42.2 Å². The Bertz CT molecular complexity index is 1020. The first-order valence-corrected chi connectivity index (χ1v) is 12.5. The third-order valence-electron chi connectivity index (χ3n) is 6.19. The molecule has 0 radical (unpaired) electrons. The molecule has 1 aromatic heterocycles. The summed E-state index contributed by atoms with van der Waals surface area (Å²) in [4.78, 5) is 15.2. The quantitative estimate of drug-likeness (QED) is 0.435. The van der Waals surface area contributed by atoms with Crippen molar-refractivity contribution in [1.29, 1.82) is 0 Å². The van der Waals surface area contributed by atoms with Gasteiger partial charge in [-0.25, -0.2) is 0 Å². The number of rotatable bonds is 9. The van der Waals surface area contributed by atoms with Gasteiger partial charge in [-0.2, -0.15) is 0 Å². The van der Waals surface area contributed by atoms with E-state index in [-0.39, 0.29) is 11.2 Å². The largest absolute Gasteiger partial charge is 0.383 e. The number of ether oxygens (including phenoxy) is 1. The number of carbonyl (C=O) groups is 1. The van der Waals surface area contributed by atoms with Gasteiger partial charge in [0.25, 0.3) is 0 Å². The minimum atomic E-state index is -0.218. The monoisotopic (exact) mass is 464 g/mol. The first kappa shape index (κ1) is 23.5. The van der Waals surface area contributed by atoms with Crippen molar-refractivity contribution in [2.24, 2.45) is 5.92 Å². The standard InChI is InChI=1S/C26H32N4O2S/c1-20(25(31)29-15-13-22(14-16-29)19-21-9-5-3-6-10-21)33-26-28-27-24(30(26)17-18-32-2)23-11-7-4-8-12-23/h3-12,20,22H,13-19H2,1-2H3/t20-/m0/s1. The minimum Gasteiger partial charge on any atom is -0.383 e. The van der Waals surface area contributed by atoms with Gasteiger partial charge in [0.15, 0.2) is 11.0 Å². The van der Waals surface area contributed by atoms with Crippen molar-refractivity contribution in [3.63, 3.8) is 0 Å². The molecule has 2 aromatic carbocycles. The molecule has 1 aliphatic rings. The zero-order valence-corrected chi connectivity index (χ0v) is 20.2. The van der Waals surface area contributed by atoms with Gasteiger partial charge < -0.3 is 9.64 Å². The molecule has 1 atom stereocenters. The fraction of sp³-hybridized carbons (Fsp3) is 0.423. The second-order valence-electron chi connectivity index (χ2n) is 8.54. The maximum absolute atomic E-state index is 13.2. The second-order valence-corrected chi connectivity index (χ2v) is 9.84. The molecular formula is C26H32N4O2S. The van der Waals surface area contributed by atoms with Crippen LogP contribution >= 0.6 is 11.8 Å². The van der Waals surface area contributed by atoms with Gasteiger partial charge >= 0.3 is 0 Å². The average molecular weight is 465 g/mol. The summed E-state index contributed by atoms with van der Waals surface area (Å²) in [7, 11) is 1.69. The molecule has 2 heterocycles. The van der Waals surface area contributed by atoms with E-state index in [1.54, 1.807) is 7.11 Å². The van der Waals surface area contributed by atoms with Gasteiger partial charge in [0.1, 0.15) is 0 Å². The van der Waals surface area contributed by atoms with E-state index in [4.69, 9.17) is 4.74 Å². The lowest BCUT2D eigenvalue weighted by atomic mass is 9.90. The molecule has 1 aliphatic heterocycles. The van der Waals surface area contributed by atoms with Crippen molar-refractivity contribution in [2.75, 3.05) is 26.8 Å². The van der Waals surface area contributed by atoms with Gasteiger partial charge in [-0.15, -0.1) is 10.2 Å². The van der Waals surface area contributed by atoms with Crippen molar-refractivity contribution in [2.45, 2.75) is 43.1 Å².